The molecule has 1 aliphatic carbocycles. The van der Waals surface area contributed by atoms with E-state index in [1.54, 1.807) is 0 Å². The Kier molecular flexibility index (Phi) is 3.50. The molecule has 1 heterocycles. The van der Waals surface area contributed by atoms with E-state index in [9.17, 15) is 0 Å². The highest BCUT2D eigenvalue weighted by atomic mass is 15.1. The first-order chi connectivity index (χ1) is 8.15. The van der Waals surface area contributed by atoms with Crippen LogP contribution in [-0.4, -0.2) is 22.6 Å². The van der Waals surface area contributed by atoms with E-state index in [-0.39, 0.29) is 0 Å². The van der Waals surface area contributed by atoms with Crippen molar-refractivity contribution in [3.8, 4) is 0 Å². The highest BCUT2D eigenvalue weighted by Gasteiger charge is 2.33. The highest BCUT2D eigenvalue weighted by molar-refractivity contribution is 5.58. The molecule has 0 saturated heterocycles. The Labute approximate surface area is 103 Å². The standard InChI is InChI=1S/C13H22N4/c1-5-11-16-12(14-6-2)9(4)13(17-11)15-10-7-8(10)3/h8,10H,5-7H2,1-4H3,(H2,14,15,16,17). The van der Waals surface area contributed by atoms with Crippen LogP contribution >= 0.6 is 0 Å². The third kappa shape index (κ3) is 2.68. The van der Waals surface area contributed by atoms with Gasteiger partial charge in [-0.2, -0.15) is 0 Å². The third-order valence-corrected chi connectivity index (χ3v) is 3.28. The van der Waals surface area contributed by atoms with E-state index in [2.05, 4.69) is 48.3 Å². The number of aryl methyl sites for hydroxylation is 1. The summed E-state index contributed by atoms with van der Waals surface area (Å²) >= 11 is 0. The molecule has 2 rings (SSSR count). The van der Waals surface area contributed by atoms with Gasteiger partial charge < -0.3 is 10.6 Å². The first kappa shape index (κ1) is 12.1. The van der Waals surface area contributed by atoms with Crippen LogP contribution < -0.4 is 10.6 Å². The van der Waals surface area contributed by atoms with Crippen LogP contribution in [0.2, 0.25) is 0 Å². The van der Waals surface area contributed by atoms with Gasteiger partial charge in [0, 0.05) is 24.6 Å². The lowest BCUT2D eigenvalue weighted by Crippen LogP contribution is -2.12. The molecule has 0 amide bonds. The van der Waals surface area contributed by atoms with Crippen molar-refractivity contribution in [2.45, 2.75) is 46.6 Å². The summed E-state index contributed by atoms with van der Waals surface area (Å²) in [5, 5.41) is 6.82. The van der Waals surface area contributed by atoms with Crippen LogP contribution in [0, 0.1) is 12.8 Å². The summed E-state index contributed by atoms with van der Waals surface area (Å²) in [4.78, 5) is 9.11. The van der Waals surface area contributed by atoms with Crippen molar-refractivity contribution in [1.82, 2.24) is 9.97 Å². The van der Waals surface area contributed by atoms with Crippen molar-refractivity contribution in [3.63, 3.8) is 0 Å². The van der Waals surface area contributed by atoms with E-state index in [0.29, 0.717) is 6.04 Å². The number of nitrogens with one attached hydrogen (secondary N) is 2. The van der Waals surface area contributed by atoms with Gasteiger partial charge in [-0.1, -0.05) is 13.8 Å². The molecule has 1 saturated carbocycles. The molecule has 2 N–H and O–H groups in total. The van der Waals surface area contributed by atoms with Gasteiger partial charge in [-0.25, -0.2) is 9.97 Å². The summed E-state index contributed by atoms with van der Waals surface area (Å²) in [6.45, 7) is 9.40. The van der Waals surface area contributed by atoms with Crippen LogP contribution in [-0.2, 0) is 6.42 Å². The maximum atomic E-state index is 4.59. The van der Waals surface area contributed by atoms with Gasteiger partial charge in [0.25, 0.3) is 0 Å². The molecule has 1 aromatic heterocycles. The van der Waals surface area contributed by atoms with Crippen LogP contribution in [0.15, 0.2) is 0 Å². The Balaban J connectivity index is 2.25. The zero-order valence-corrected chi connectivity index (χ0v) is 11.2. The minimum atomic E-state index is 0.600. The first-order valence-electron chi connectivity index (χ1n) is 6.53. The fourth-order valence-electron chi connectivity index (χ4n) is 1.90. The number of aromatic nitrogens is 2. The lowest BCUT2D eigenvalue weighted by molar-refractivity contribution is 0.893. The second kappa shape index (κ2) is 4.90. The normalized spacial score (nSPS) is 22.4. The number of anilines is 2. The number of rotatable bonds is 5. The Hall–Kier alpha value is -1.32. The fourth-order valence-corrected chi connectivity index (χ4v) is 1.90. The van der Waals surface area contributed by atoms with Crippen molar-refractivity contribution < 1.29 is 0 Å². The zero-order valence-electron chi connectivity index (χ0n) is 11.2. The summed E-state index contributed by atoms with van der Waals surface area (Å²) in [5.74, 6) is 3.65. The first-order valence-corrected chi connectivity index (χ1v) is 6.53. The average molecular weight is 234 g/mol. The maximum Gasteiger partial charge on any atom is 0.135 e. The maximum absolute atomic E-state index is 4.59. The lowest BCUT2D eigenvalue weighted by Gasteiger charge is -2.14. The van der Waals surface area contributed by atoms with Gasteiger partial charge in [-0.15, -0.1) is 0 Å². The second-order valence-electron chi connectivity index (χ2n) is 4.81. The predicted octanol–water partition coefficient (Wildman–Crippen LogP) is 2.60. The van der Waals surface area contributed by atoms with Crippen molar-refractivity contribution in [2.75, 3.05) is 17.2 Å². The van der Waals surface area contributed by atoms with Gasteiger partial charge in [0.1, 0.15) is 17.5 Å². The summed E-state index contributed by atoms with van der Waals surface area (Å²) in [5.41, 5.74) is 1.13. The lowest BCUT2D eigenvalue weighted by atomic mass is 10.2. The summed E-state index contributed by atoms with van der Waals surface area (Å²) < 4.78 is 0. The molecule has 1 fully saturated rings. The number of hydrogen-bond donors (Lipinski definition) is 2. The SMILES string of the molecule is CCNc1nc(CC)nc(NC2CC2C)c1C. The van der Waals surface area contributed by atoms with Crippen molar-refractivity contribution in [2.24, 2.45) is 5.92 Å². The molecular weight excluding hydrogens is 212 g/mol. The Bertz CT molecular complexity index is 403. The van der Waals surface area contributed by atoms with Gasteiger partial charge in [0.2, 0.25) is 0 Å². The molecule has 4 nitrogen and oxygen atoms in total. The van der Waals surface area contributed by atoms with Crippen molar-refractivity contribution >= 4 is 11.6 Å². The molecule has 0 bridgehead atoms. The Morgan fingerprint density at radius 1 is 1.24 bits per heavy atom. The van der Waals surface area contributed by atoms with Crippen LogP contribution in [0.3, 0.4) is 0 Å². The molecule has 4 heteroatoms. The molecule has 0 radical (unpaired) electrons. The third-order valence-electron chi connectivity index (χ3n) is 3.28. The van der Waals surface area contributed by atoms with Gasteiger partial charge in [0.05, 0.1) is 0 Å². The minimum absolute atomic E-state index is 0.600. The van der Waals surface area contributed by atoms with Crippen LogP contribution in [0.4, 0.5) is 11.6 Å². The van der Waals surface area contributed by atoms with E-state index in [4.69, 9.17) is 0 Å². The molecule has 94 valence electrons. The van der Waals surface area contributed by atoms with Gasteiger partial charge >= 0.3 is 0 Å². The molecule has 0 spiro atoms. The number of hydrogen-bond acceptors (Lipinski definition) is 4. The topological polar surface area (TPSA) is 49.8 Å². The molecule has 1 aliphatic rings. The average Bonchev–Trinajstić information content (AvgIpc) is 3.00. The predicted molar refractivity (Wildman–Crippen MR) is 71.5 cm³/mol. The fraction of sp³-hybridized carbons (Fsp3) is 0.692. The molecule has 2 unspecified atom stereocenters. The second-order valence-corrected chi connectivity index (χ2v) is 4.81. The van der Waals surface area contributed by atoms with Gasteiger partial charge in [-0.3, -0.25) is 0 Å². The monoisotopic (exact) mass is 234 g/mol. The molecule has 0 aliphatic heterocycles. The largest absolute Gasteiger partial charge is 0.370 e. The molecule has 1 aromatic rings. The van der Waals surface area contributed by atoms with Gasteiger partial charge in [0.15, 0.2) is 0 Å². The van der Waals surface area contributed by atoms with E-state index >= 15 is 0 Å². The van der Waals surface area contributed by atoms with Crippen LogP contribution in [0.25, 0.3) is 0 Å². The quantitative estimate of drug-likeness (QED) is 0.822. The molecule has 17 heavy (non-hydrogen) atoms. The summed E-state index contributed by atoms with van der Waals surface area (Å²) in [6, 6.07) is 0.600. The van der Waals surface area contributed by atoms with E-state index in [1.807, 2.05) is 0 Å². The van der Waals surface area contributed by atoms with E-state index in [1.165, 1.54) is 6.42 Å². The van der Waals surface area contributed by atoms with Gasteiger partial charge in [-0.05, 0) is 26.2 Å². The summed E-state index contributed by atoms with van der Waals surface area (Å²) in [6.07, 6.45) is 2.12. The zero-order chi connectivity index (χ0) is 12.4. The van der Waals surface area contributed by atoms with Crippen LogP contribution in [0.5, 0.6) is 0 Å². The molecule has 0 aromatic carbocycles. The summed E-state index contributed by atoms with van der Waals surface area (Å²) in [7, 11) is 0. The van der Waals surface area contributed by atoms with Crippen molar-refractivity contribution in [1.29, 1.82) is 0 Å². The van der Waals surface area contributed by atoms with Crippen molar-refractivity contribution in [3.05, 3.63) is 11.4 Å². The minimum Gasteiger partial charge on any atom is -0.370 e. The highest BCUT2D eigenvalue weighted by Crippen LogP contribution is 2.33. The Morgan fingerprint density at radius 2 is 1.88 bits per heavy atom. The smallest absolute Gasteiger partial charge is 0.135 e. The Morgan fingerprint density at radius 3 is 2.41 bits per heavy atom. The van der Waals surface area contributed by atoms with E-state index < -0.39 is 0 Å². The molecule has 2 atom stereocenters. The molecular formula is C13H22N4. The van der Waals surface area contributed by atoms with E-state index in [0.717, 1.165) is 41.9 Å². The van der Waals surface area contributed by atoms with Crippen LogP contribution in [0.1, 0.15) is 38.6 Å². The number of nitrogens with zero attached hydrogens (tertiary/aromatic N) is 2.